The molecule has 0 aliphatic carbocycles. The molecular formula is C19H14Br2NO5+. The van der Waals surface area contributed by atoms with Gasteiger partial charge in [0.05, 0.1) is 11.1 Å². The molecule has 0 bridgehead atoms. The van der Waals surface area contributed by atoms with Gasteiger partial charge in [-0.2, -0.15) is 4.57 Å². The molecule has 0 aliphatic heterocycles. The third-order valence-electron chi connectivity index (χ3n) is 3.75. The second-order valence-electron chi connectivity index (χ2n) is 5.66. The van der Waals surface area contributed by atoms with Gasteiger partial charge in [-0.1, -0.05) is 15.9 Å². The molecule has 0 N–H and O–H groups in total. The van der Waals surface area contributed by atoms with Crippen LogP contribution in [-0.2, 0) is 11.3 Å². The van der Waals surface area contributed by atoms with Crippen LogP contribution >= 0.6 is 31.9 Å². The number of Topliss-reactive ketones (excluding diaryl/α,β-unsaturated/α-hetero) is 1. The lowest BCUT2D eigenvalue weighted by molar-refractivity contribution is -0.683. The van der Waals surface area contributed by atoms with Crippen molar-refractivity contribution >= 4 is 54.6 Å². The average Bonchev–Trinajstić information content (AvgIpc) is 2.62. The van der Waals surface area contributed by atoms with Gasteiger partial charge >= 0.3 is 11.6 Å². The Labute approximate surface area is 171 Å². The highest BCUT2D eigenvalue weighted by Crippen LogP contribution is 2.28. The van der Waals surface area contributed by atoms with Crippen LogP contribution in [0.2, 0.25) is 0 Å². The summed E-state index contributed by atoms with van der Waals surface area (Å²) >= 11 is 6.70. The minimum absolute atomic E-state index is 0.0541. The number of aromatic nitrogens is 1. The average molecular weight is 496 g/mol. The van der Waals surface area contributed by atoms with Crippen molar-refractivity contribution in [1.29, 1.82) is 0 Å². The maximum absolute atomic E-state index is 12.6. The predicted octanol–water partition coefficient (Wildman–Crippen LogP) is 3.67. The van der Waals surface area contributed by atoms with Crippen molar-refractivity contribution in [2.24, 2.45) is 0 Å². The first kappa shape index (κ1) is 19.4. The molecular weight excluding hydrogens is 482 g/mol. The highest BCUT2D eigenvalue weighted by molar-refractivity contribution is 9.11. The molecule has 0 unspecified atom stereocenters. The van der Waals surface area contributed by atoms with Gasteiger partial charge in [-0.05, 0) is 47.1 Å². The fourth-order valence-electron chi connectivity index (χ4n) is 2.56. The van der Waals surface area contributed by atoms with E-state index in [9.17, 15) is 14.4 Å². The van der Waals surface area contributed by atoms with E-state index in [0.29, 0.717) is 21.0 Å². The van der Waals surface area contributed by atoms with Crippen LogP contribution in [-0.4, -0.2) is 18.4 Å². The molecule has 0 spiro atoms. The number of rotatable bonds is 5. The normalized spacial score (nSPS) is 10.8. The Hall–Kier alpha value is -2.32. The van der Waals surface area contributed by atoms with Crippen molar-refractivity contribution in [2.75, 3.05) is 6.61 Å². The topological polar surface area (TPSA) is 77.5 Å². The summed E-state index contributed by atoms with van der Waals surface area (Å²) in [6.45, 7) is 1.86. The van der Waals surface area contributed by atoms with Crippen molar-refractivity contribution in [2.45, 2.75) is 13.5 Å². The maximum atomic E-state index is 12.6. The molecule has 0 saturated heterocycles. The molecule has 3 aromatic rings. The van der Waals surface area contributed by atoms with Crippen molar-refractivity contribution in [3.05, 3.63) is 73.2 Å². The number of hydrogen-bond acceptors (Lipinski definition) is 5. The van der Waals surface area contributed by atoms with Crippen LogP contribution in [0.15, 0.2) is 60.9 Å². The number of carbonyl (C=O) groups excluding carboxylic acids is 2. The molecule has 0 radical (unpaired) electrons. The van der Waals surface area contributed by atoms with Crippen LogP contribution in [0.5, 0.6) is 0 Å². The number of ketones is 1. The Morgan fingerprint density at radius 2 is 2.00 bits per heavy atom. The van der Waals surface area contributed by atoms with Crippen LogP contribution < -0.4 is 10.2 Å². The molecule has 1 aromatic carbocycles. The molecule has 6 nitrogen and oxygen atoms in total. The molecule has 2 aromatic heterocycles. The summed E-state index contributed by atoms with van der Waals surface area (Å²) in [5.74, 6) is -0.896. The Kier molecular flexibility index (Phi) is 5.86. The Bertz CT molecular complexity index is 1110. The van der Waals surface area contributed by atoms with E-state index in [1.807, 2.05) is 0 Å². The summed E-state index contributed by atoms with van der Waals surface area (Å²) in [6.07, 6.45) is 3.14. The van der Waals surface area contributed by atoms with E-state index in [1.54, 1.807) is 37.4 Å². The van der Waals surface area contributed by atoms with E-state index in [1.165, 1.54) is 16.8 Å². The van der Waals surface area contributed by atoms with Crippen LogP contribution in [0.25, 0.3) is 11.0 Å². The summed E-state index contributed by atoms with van der Waals surface area (Å²) in [7, 11) is 0. The number of fused-ring (bicyclic) bond motifs is 1. The molecule has 138 valence electrons. The summed E-state index contributed by atoms with van der Waals surface area (Å²) in [5.41, 5.74) is -0.0681. The highest BCUT2D eigenvalue weighted by Gasteiger charge is 2.20. The second-order valence-corrected chi connectivity index (χ2v) is 7.43. The van der Waals surface area contributed by atoms with Gasteiger partial charge in [0.1, 0.15) is 11.1 Å². The first-order chi connectivity index (χ1) is 12.9. The van der Waals surface area contributed by atoms with Gasteiger partial charge in [0.15, 0.2) is 18.0 Å². The molecule has 27 heavy (non-hydrogen) atoms. The molecule has 2 heterocycles. The van der Waals surface area contributed by atoms with E-state index < -0.39 is 17.4 Å². The SMILES string of the molecule is CCOC(=O)c1ccc[n+](CC(=O)c2cc3cc(Br)cc(Br)c3oc2=O)c1. The van der Waals surface area contributed by atoms with Gasteiger partial charge in [-0.3, -0.25) is 4.79 Å². The molecule has 0 atom stereocenters. The minimum atomic E-state index is -0.710. The third kappa shape index (κ3) is 4.33. The monoisotopic (exact) mass is 494 g/mol. The van der Waals surface area contributed by atoms with Gasteiger partial charge in [-0.15, -0.1) is 0 Å². The first-order valence-corrected chi connectivity index (χ1v) is 9.60. The first-order valence-electron chi connectivity index (χ1n) is 8.01. The summed E-state index contributed by atoms with van der Waals surface area (Å²) in [5, 5.41) is 0.615. The molecule has 0 fully saturated rings. The van der Waals surface area contributed by atoms with Crippen molar-refractivity contribution in [3.63, 3.8) is 0 Å². The van der Waals surface area contributed by atoms with Crippen LogP contribution in [0.4, 0.5) is 0 Å². The smallest absolute Gasteiger partial charge is 0.347 e. The molecule has 3 rings (SSSR count). The van der Waals surface area contributed by atoms with Gasteiger partial charge in [0.2, 0.25) is 12.3 Å². The van der Waals surface area contributed by atoms with E-state index >= 15 is 0 Å². The highest BCUT2D eigenvalue weighted by atomic mass is 79.9. The summed E-state index contributed by atoms with van der Waals surface area (Å²) in [4.78, 5) is 36.7. The number of pyridine rings is 1. The lowest BCUT2D eigenvalue weighted by Crippen LogP contribution is -2.39. The maximum Gasteiger partial charge on any atom is 0.347 e. The number of carbonyl (C=O) groups is 2. The van der Waals surface area contributed by atoms with Crippen molar-refractivity contribution in [3.8, 4) is 0 Å². The number of ether oxygens (including phenoxy) is 1. The predicted molar refractivity (Wildman–Crippen MR) is 105 cm³/mol. The Morgan fingerprint density at radius 1 is 1.22 bits per heavy atom. The molecule has 0 aliphatic rings. The number of esters is 1. The number of halogens is 2. The quantitative estimate of drug-likeness (QED) is 0.233. The van der Waals surface area contributed by atoms with E-state index in [2.05, 4.69) is 31.9 Å². The molecule has 8 heteroatoms. The van der Waals surface area contributed by atoms with Gasteiger partial charge in [0.25, 0.3) is 0 Å². The zero-order chi connectivity index (χ0) is 19.6. The Morgan fingerprint density at radius 3 is 2.74 bits per heavy atom. The van der Waals surface area contributed by atoms with E-state index in [0.717, 1.165) is 4.47 Å². The zero-order valence-corrected chi connectivity index (χ0v) is 17.4. The van der Waals surface area contributed by atoms with Gasteiger partial charge < -0.3 is 9.15 Å². The standard InChI is InChI=1S/C19H14Br2NO5/c1-2-26-18(24)11-4-3-5-22(9-11)10-16(23)14-7-12-6-13(20)8-15(21)17(12)27-19(14)25/h3-9H,2,10H2,1H3/q+1. The number of benzene rings is 1. The zero-order valence-electron chi connectivity index (χ0n) is 14.2. The Balaban J connectivity index is 1.93. The van der Waals surface area contributed by atoms with Crippen LogP contribution in [0.1, 0.15) is 27.6 Å². The largest absolute Gasteiger partial charge is 0.462 e. The lowest BCUT2D eigenvalue weighted by atomic mass is 10.1. The third-order valence-corrected chi connectivity index (χ3v) is 4.79. The van der Waals surface area contributed by atoms with Gasteiger partial charge in [-0.25, -0.2) is 9.59 Å². The molecule has 0 saturated carbocycles. The lowest BCUT2D eigenvalue weighted by Gasteiger charge is -2.04. The van der Waals surface area contributed by atoms with Crippen molar-refractivity contribution in [1.82, 2.24) is 0 Å². The number of hydrogen-bond donors (Lipinski definition) is 0. The minimum Gasteiger partial charge on any atom is -0.462 e. The summed E-state index contributed by atoms with van der Waals surface area (Å²) < 4.78 is 13.2. The second kappa shape index (κ2) is 8.14. The van der Waals surface area contributed by atoms with E-state index in [4.69, 9.17) is 9.15 Å². The fraction of sp³-hybridized carbons (Fsp3) is 0.158. The van der Waals surface area contributed by atoms with E-state index in [-0.39, 0.29) is 18.7 Å². The van der Waals surface area contributed by atoms with Crippen LogP contribution in [0, 0.1) is 0 Å². The van der Waals surface area contributed by atoms with Crippen LogP contribution in [0.3, 0.4) is 0 Å². The van der Waals surface area contributed by atoms with Gasteiger partial charge in [0, 0.05) is 15.9 Å². The summed E-state index contributed by atoms with van der Waals surface area (Å²) in [6, 6.07) is 8.25. The molecule has 0 amide bonds. The number of nitrogens with zero attached hydrogens (tertiary/aromatic N) is 1. The fourth-order valence-corrected chi connectivity index (χ4v) is 3.90. The van der Waals surface area contributed by atoms with Crippen molar-refractivity contribution < 1.29 is 23.3 Å².